The van der Waals surface area contributed by atoms with E-state index in [1.54, 1.807) is 41.8 Å². The third kappa shape index (κ3) is 6.81. The minimum Gasteiger partial charge on any atom is -0.494 e. The van der Waals surface area contributed by atoms with E-state index < -0.39 is 35.3 Å². The molecule has 14 heteroatoms. The van der Waals surface area contributed by atoms with Crippen molar-refractivity contribution in [3.8, 4) is 28.8 Å². The lowest BCUT2D eigenvalue weighted by molar-refractivity contribution is 0.175. The summed E-state index contributed by atoms with van der Waals surface area (Å²) in [5, 5.41) is 18.7. The number of halogens is 2. The summed E-state index contributed by atoms with van der Waals surface area (Å²) in [5.74, 6) is 1.44. The van der Waals surface area contributed by atoms with E-state index in [2.05, 4.69) is 45.8 Å². The summed E-state index contributed by atoms with van der Waals surface area (Å²) in [6.45, 7) is 9.69. The van der Waals surface area contributed by atoms with E-state index in [4.69, 9.17) is 13.9 Å². The number of hydrogen-bond acceptors (Lipinski definition) is 8. The lowest BCUT2D eigenvalue weighted by Crippen LogP contribution is -2.44. The molecular formula is C29H36BrFN4O6SSi. The fraction of sp³-hybridized carbons (Fsp3) is 0.379. The predicted molar refractivity (Wildman–Crippen MR) is 170 cm³/mol. The van der Waals surface area contributed by atoms with Crippen molar-refractivity contribution < 1.29 is 31.8 Å². The van der Waals surface area contributed by atoms with E-state index in [0.29, 0.717) is 34.8 Å². The second kappa shape index (κ2) is 12.8. The van der Waals surface area contributed by atoms with Crippen molar-refractivity contribution in [3.05, 3.63) is 70.1 Å². The quantitative estimate of drug-likeness (QED) is 0.170. The second-order valence-corrected chi connectivity index (χ2v) is 20.0. The number of nitrogens with zero attached hydrogens (tertiary/aromatic N) is 4. The summed E-state index contributed by atoms with van der Waals surface area (Å²) in [5.41, 5.74) is 0.620. The molecule has 10 nitrogen and oxygen atoms in total. The Balaban J connectivity index is 1.96. The van der Waals surface area contributed by atoms with Crippen LogP contribution in [0.1, 0.15) is 24.4 Å². The van der Waals surface area contributed by atoms with Crippen molar-refractivity contribution in [2.75, 3.05) is 25.1 Å². The van der Waals surface area contributed by atoms with Crippen LogP contribution in [0.25, 0.3) is 17.3 Å². The first-order valence-electron chi connectivity index (χ1n) is 13.6. The number of furan rings is 1. The van der Waals surface area contributed by atoms with Gasteiger partial charge in [0.05, 0.1) is 24.8 Å². The van der Waals surface area contributed by atoms with Crippen LogP contribution >= 0.6 is 15.9 Å². The molecule has 2 aromatic carbocycles. The zero-order chi connectivity index (χ0) is 31.7. The van der Waals surface area contributed by atoms with Crippen LogP contribution in [0.2, 0.25) is 25.7 Å². The van der Waals surface area contributed by atoms with Crippen LogP contribution in [0.5, 0.6) is 11.5 Å². The Labute approximate surface area is 260 Å². The van der Waals surface area contributed by atoms with E-state index in [1.807, 2.05) is 0 Å². The molecule has 0 spiro atoms. The lowest BCUT2D eigenvalue weighted by atomic mass is 10.1. The maximum absolute atomic E-state index is 14.5. The van der Waals surface area contributed by atoms with Gasteiger partial charge >= 0.3 is 0 Å². The van der Waals surface area contributed by atoms with E-state index in [0.717, 1.165) is 0 Å². The molecule has 0 aliphatic heterocycles. The van der Waals surface area contributed by atoms with Crippen LogP contribution in [0.4, 0.5) is 10.3 Å². The Morgan fingerprint density at radius 3 is 2.28 bits per heavy atom. The average Bonchev–Trinajstić information content (AvgIpc) is 3.58. The van der Waals surface area contributed by atoms with Gasteiger partial charge in [-0.1, -0.05) is 31.8 Å². The molecule has 4 aromatic rings. The summed E-state index contributed by atoms with van der Waals surface area (Å²) in [6.07, 6.45) is -1.47. The number of methoxy groups -OCH3 is 2. The van der Waals surface area contributed by atoms with Crippen molar-refractivity contribution in [2.24, 2.45) is 0 Å². The second-order valence-electron chi connectivity index (χ2n) is 11.3. The van der Waals surface area contributed by atoms with Gasteiger partial charge in [-0.05, 0) is 77.8 Å². The van der Waals surface area contributed by atoms with Gasteiger partial charge in [-0.15, -0.1) is 10.2 Å². The topological polar surface area (TPSA) is 120 Å². The first kappa shape index (κ1) is 32.7. The number of sulfonamides is 1. The van der Waals surface area contributed by atoms with Crippen molar-refractivity contribution in [2.45, 2.75) is 50.9 Å². The molecule has 232 valence electrons. The zero-order valence-corrected chi connectivity index (χ0v) is 28.5. The summed E-state index contributed by atoms with van der Waals surface area (Å²) >= 11 is 3.12. The molecule has 4 rings (SSSR count). The monoisotopic (exact) mass is 694 g/mol. The molecular weight excluding hydrogens is 659 g/mol. The van der Waals surface area contributed by atoms with Crippen molar-refractivity contribution in [1.29, 1.82) is 0 Å². The Bertz CT molecular complexity index is 1680. The highest BCUT2D eigenvalue weighted by Crippen LogP contribution is 2.40. The van der Waals surface area contributed by atoms with Crippen LogP contribution in [0, 0.1) is 12.7 Å². The fourth-order valence-electron chi connectivity index (χ4n) is 4.52. The number of benzene rings is 2. The summed E-state index contributed by atoms with van der Waals surface area (Å²) in [4.78, 5) is 0. The molecule has 0 unspecified atom stereocenters. The minimum absolute atomic E-state index is 0.0237. The van der Waals surface area contributed by atoms with Gasteiger partial charge in [-0.2, -0.15) is 0 Å². The predicted octanol–water partition coefficient (Wildman–Crippen LogP) is 6.35. The first-order valence-corrected chi connectivity index (χ1v) is 19.6. The Hall–Kier alpha value is -3.20. The molecule has 0 saturated carbocycles. The molecule has 1 N–H and O–H groups in total. The van der Waals surface area contributed by atoms with Crippen LogP contribution in [0.15, 0.2) is 57.4 Å². The molecule has 2 heterocycles. The van der Waals surface area contributed by atoms with E-state index in [-0.39, 0.29) is 28.4 Å². The summed E-state index contributed by atoms with van der Waals surface area (Å²) in [7, 11) is -3.12. The van der Waals surface area contributed by atoms with Crippen LogP contribution in [-0.2, 0) is 10.0 Å². The first-order chi connectivity index (χ1) is 20.2. The van der Waals surface area contributed by atoms with E-state index in [1.165, 1.54) is 43.6 Å². The van der Waals surface area contributed by atoms with Crippen molar-refractivity contribution >= 4 is 40.0 Å². The molecule has 0 aliphatic carbocycles. The lowest BCUT2D eigenvalue weighted by Gasteiger charge is -2.31. The van der Waals surface area contributed by atoms with Gasteiger partial charge in [0.25, 0.3) is 0 Å². The number of para-hydroxylation sites is 1. The summed E-state index contributed by atoms with van der Waals surface area (Å²) < 4.78 is 63.0. The van der Waals surface area contributed by atoms with Gasteiger partial charge in [0.2, 0.25) is 21.8 Å². The molecule has 2 atom stereocenters. The largest absolute Gasteiger partial charge is 0.494 e. The number of anilines is 1. The highest BCUT2D eigenvalue weighted by Gasteiger charge is 2.39. The number of aliphatic hydroxyl groups excluding tert-OH is 1. The van der Waals surface area contributed by atoms with Crippen LogP contribution < -0.4 is 13.8 Å². The molecule has 0 amide bonds. The number of aryl methyl sites for hydroxylation is 1. The van der Waals surface area contributed by atoms with Gasteiger partial charge in [-0.3, -0.25) is 4.57 Å². The molecule has 0 radical (unpaired) electrons. The molecule has 43 heavy (non-hydrogen) atoms. The normalized spacial score (nSPS) is 13.5. The van der Waals surface area contributed by atoms with E-state index >= 15 is 0 Å². The average molecular weight is 696 g/mol. The smallest absolute Gasteiger partial charge is 0.246 e. The zero-order valence-electron chi connectivity index (χ0n) is 25.1. The molecule has 0 aliphatic rings. The fourth-order valence-corrected chi connectivity index (χ4v) is 7.55. The van der Waals surface area contributed by atoms with Gasteiger partial charge < -0.3 is 19.0 Å². The summed E-state index contributed by atoms with van der Waals surface area (Å²) in [6, 6.07) is 13.2. The van der Waals surface area contributed by atoms with Gasteiger partial charge in [0, 0.05) is 14.6 Å². The SMILES string of the molecule is COc1cccc(OC)c1-n1c(-c2ccc(C)o2)nnc1N(CC[Si](C)(C)C)S(=O)(=O)[C@@H](C)[C@@H](O)c1ccc(F)c(Br)c1. The Morgan fingerprint density at radius 1 is 1.09 bits per heavy atom. The number of hydrogen-bond donors (Lipinski definition) is 1. The highest BCUT2D eigenvalue weighted by atomic mass is 79.9. The molecule has 0 bridgehead atoms. The number of rotatable bonds is 12. The third-order valence-corrected chi connectivity index (χ3v) is 11.5. The van der Waals surface area contributed by atoms with Crippen LogP contribution in [-0.4, -0.2) is 62.4 Å². The van der Waals surface area contributed by atoms with E-state index in [9.17, 15) is 17.9 Å². The standard InChI is InChI=1S/C29H36BrFN4O6SSi/c1-18-11-14-25(41-18)28-32-33-29(35(28)26-23(39-3)9-8-10-24(26)40-4)34(15-16-43(5,6)7)42(37,38)19(2)27(36)20-12-13-22(31)21(30)17-20/h8-14,17,19,27,36H,15-16H2,1-7H3/t19-,27+/m0/s1. The van der Waals surface area contributed by atoms with Crippen molar-refractivity contribution in [3.63, 3.8) is 0 Å². The maximum Gasteiger partial charge on any atom is 0.246 e. The number of aliphatic hydroxyl groups is 1. The third-order valence-electron chi connectivity index (χ3n) is 7.03. The maximum atomic E-state index is 14.5. The highest BCUT2D eigenvalue weighted by molar-refractivity contribution is 9.10. The van der Waals surface area contributed by atoms with Gasteiger partial charge in [0.1, 0.15) is 34.0 Å². The Morgan fingerprint density at radius 2 is 1.74 bits per heavy atom. The van der Waals surface area contributed by atoms with Gasteiger partial charge in [-0.25, -0.2) is 17.1 Å². The minimum atomic E-state index is -4.32. The number of aromatic nitrogens is 3. The van der Waals surface area contributed by atoms with Crippen LogP contribution in [0.3, 0.4) is 0 Å². The molecule has 0 fully saturated rings. The van der Waals surface area contributed by atoms with Crippen molar-refractivity contribution in [1.82, 2.24) is 14.8 Å². The number of ether oxygens (including phenoxy) is 2. The molecule has 0 saturated heterocycles. The molecule has 2 aromatic heterocycles. The Kier molecular flexibility index (Phi) is 9.74. The van der Waals surface area contributed by atoms with Gasteiger partial charge in [0.15, 0.2) is 5.76 Å².